The standard InChI is InChI=1S/C27H39NO5/c1-25-12-10-18(27(3,28)24(30)33-31)14-17(25)5-6-19-21-8-7-20(16-4-9-23(29)32-15-16)26(21,2)13-11-22(19)25/h4,9,15,17-22,31H,5-8,10-14,28H2,1-3H3. The van der Waals surface area contributed by atoms with Gasteiger partial charge in [-0.25, -0.2) is 9.59 Å². The Hall–Kier alpha value is -1.66. The van der Waals surface area contributed by atoms with E-state index < -0.39 is 11.5 Å². The zero-order valence-corrected chi connectivity index (χ0v) is 20.2. The van der Waals surface area contributed by atoms with Crippen LogP contribution >= 0.6 is 0 Å². The van der Waals surface area contributed by atoms with Crippen molar-refractivity contribution in [1.29, 1.82) is 0 Å². The Kier molecular flexibility index (Phi) is 5.56. The van der Waals surface area contributed by atoms with Gasteiger partial charge in [0.2, 0.25) is 0 Å². The molecule has 0 bridgehead atoms. The first-order valence-electron chi connectivity index (χ1n) is 12.8. The van der Waals surface area contributed by atoms with Crippen LogP contribution in [0.15, 0.2) is 27.6 Å². The Labute approximate surface area is 196 Å². The van der Waals surface area contributed by atoms with E-state index in [1.54, 1.807) is 19.3 Å². The normalized spacial score (nSPS) is 44.2. The van der Waals surface area contributed by atoms with E-state index in [0.29, 0.717) is 17.8 Å². The Morgan fingerprint density at radius 3 is 2.52 bits per heavy atom. The minimum Gasteiger partial charge on any atom is -0.431 e. The lowest BCUT2D eigenvalue weighted by molar-refractivity contribution is -0.242. The summed E-state index contributed by atoms with van der Waals surface area (Å²) < 4.78 is 5.24. The van der Waals surface area contributed by atoms with Crippen molar-refractivity contribution in [3.63, 3.8) is 0 Å². The molecule has 4 aliphatic rings. The maximum absolute atomic E-state index is 12.1. The van der Waals surface area contributed by atoms with Crippen LogP contribution < -0.4 is 11.4 Å². The topological polar surface area (TPSA) is 103 Å². The summed E-state index contributed by atoms with van der Waals surface area (Å²) in [6.45, 7) is 6.70. The highest BCUT2D eigenvalue weighted by molar-refractivity contribution is 5.79. The van der Waals surface area contributed by atoms with Gasteiger partial charge >= 0.3 is 11.6 Å². The summed E-state index contributed by atoms with van der Waals surface area (Å²) in [5, 5.41) is 8.92. The average molecular weight is 458 g/mol. The molecule has 9 unspecified atom stereocenters. The van der Waals surface area contributed by atoms with Crippen molar-refractivity contribution in [1.82, 2.24) is 0 Å². The largest absolute Gasteiger partial charge is 0.431 e. The Morgan fingerprint density at radius 1 is 1.09 bits per heavy atom. The number of hydrogen-bond acceptors (Lipinski definition) is 6. The maximum atomic E-state index is 12.1. The number of carbonyl (C=O) groups is 1. The van der Waals surface area contributed by atoms with Crippen molar-refractivity contribution < 1.29 is 19.4 Å². The monoisotopic (exact) mass is 457 g/mol. The van der Waals surface area contributed by atoms with Gasteiger partial charge in [0.15, 0.2) is 0 Å². The first-order valence-corrected chi connectivity index (χ1v) is 12.8. The molecule has 1 aromatic rings. The highest BCUT2D eigenvalue weighted by atomic mass is 17.1. The predicted molar refractivity (Wildman–Crippen MR) is 124 cm³/mol. The average Bonchev–Trinajstić information content (AvgIpc) is 3.15. The van der Waals surface area contributed by atoms with Crippen LogP contribution in [0.5, 0.6) is 0 Å². The van der Waals surface area contributed by atoms with Crippen molar-refractivity contribution in [3.8, 4) is 0 Å². The van der Waals surface area contributed by atoms with Crippen LogP contribution in [0.1, 0.15) is 90.0 Å². The van der Waals surface area contributed by atoms with Gasteiger partial charge < -0.3 is 10.2 Å². The molecule has 6 heteroatoms. The molecule has 4 saturated carbocycles. The van der Waals surface area contributed by atoms with E-state index in [-0.39, 0.29) is 22.4 Å². The number of fused-ring (bicyclic) bond motifs is 5. The summed E-state index contributed by atoms with van der Waals surface area (Å²) >= 11 is 0. The quantitative estimate of drug-likeness (QED) is 0.483. The highest BCUT2D eigenvalue weighted by Gasteiger charge is 2.61. The summed E-state index contributed by atoms with van der Waals surface area (Å²) in [4.78, 5) is 27.6. The number of rotatable bonds is 3. The summed E-state index contributed by atoms with van der Waals surface area (Å²) in [5.41, 5.74) is 6.68. The lowest BCUT2D eigenvalue weighted by atomic mass is 9.43. The zero-order valence-electron chi connectivity index (χ0n) is 20.2. The molecule has 0 spiro atoms. The molecule has 0 amide bonds. The van der Waals surface area contributed by atoms with Crippen molar-refractivity contribution in [2.45, 2.75) is 90.0 Å². The van der Waals surface area contributed by atoms with Crippen LogP contribution in [-0.2, 0) is 9.68 Å². The molecule has 5 rings (SSSR count). The lowest BCUT2D eigenvalue weighted by Gasteiger charge is -2.61. The molecule has 33 heavy (non-hydrogen) atoms. The molecule has 4 fully saturated rings. The van der Waals surface area contributed by atoms with Gasteiger partial charge in [-0.3, -0.25) is 4.89 Å². The molecule has 0 aliphatic heterocycles. The van der Waals surface area contributed by atoms with Crippen molar-refractivity contribution in [2.24, 2.45) is 46.2 Å². The van der Waals surface area contributed by atoms with Crippen LogP contribution in [0.25, 0.3) is 0 Å². The summed E-state index contributed by atoms with van der Waals surface area (Å²) in [5.74, 6) is 2.54. The highest BCUT2D eigenvalue weighted by Crippen LogP contribution is 2.69. The fourth-order valence-electron chi connectivity index (χ4n) is 9.18. The summed E-state index contributed by atoms with van der Waals surface area (Å²) in [7, 11) is 0. The van der Waals surface area contributed by atoms with Gasteiger partial charge in [-0.05, 0) is 123 Å². The summed E-state index contributed by atoms with van der Waals surface area (Å²) in [6.07, 6.45) is 12.0. The Balaban J connectivity index is 1.36. The number of nitrogens with two attached hydrogens (primary N) is 1. The van der Waals surface area contributed by atoms with E-state index in [2.05, 4.69) is 18.7 Å². The fourth-order valence-corrected chi connectivity index (χ4v) is 9.18. The second kappa shape index (κ2) is 7.94. The fraction of sp³-hybridized carbons (Fsp3) is 0.778. The van der Waals surface area contributed by atoms with Crippen molar-refractivity contribution in [3.05, 3.63) is 34.4 Å². The molecule has 1 heterocycles. The molecule has 0 saturated heterocycles. The minimum atomic E-state index is -1.14. The van der Waals surface area contributed by atoms with Gasteiger partial charge in [0, 0.05) is 6.07 Å². The first-order chi connectivity index (χ1) is 15.6. The van der Waals surface area contributed by atoms with Gasteiger partial charge in [-0.1, -0.05) is 13.8 Å². The van der Waals surface area contributed by atoms with E-state index in [9.17, 15) is 9.59 Å². The Bertz CT molecular complexity index is 951. The van der Waals surface area contributed by atoms with Crippen LogP contribution in [0.2, 0.25) is 0 Å². The van der Waals surface area contributed by atoms with Gasteiger partial charge in [0.25, 0.3) is 0 Å². The molecular weight excluding hydrogens is 418 g/mol. The van der Waals surface area contributed by atoms with Gasteiger partial charge in [0.05, 0.1) is 6.26 Å². The number of carbonyl (C=O) groups excluding carboxylic acids is 1. The van der Waals surface area contributed by atoms with Crippen molar-refractivity contribution in [2.75, 3.05) is 0 Å². The molecule has 0 aromatic carbocycles. The van der Waals surface area contributed by atoms with Crippen LogP contribution in [0.4, 0.5) is 0 Å². The van der Waals surface area contributed by atoms with E-state index in [0.717, 1.165) is 31.1 Å². The first kappa shape index (κ1) is 23.1. The van der Waals surface area contributed by atoms with E-state index >= 15 is 0 Å². The third kappa shape index (κ3) is 3.43. The molecule has 182 valence electrons. The second-order valence-corrected chi connectivity index (χ2v) is 12.4. The van der Waals surface area contributed by atoms with Crippen LogP contribution in [0, 0.1) is 40.4 Å². The smallest absolute Gasteiger partial charge is 0.361 e. The molecular formula is C27H39NO5. The minimum absolute atomic E-state index is 0.0456. The van der Waals surface area contributed by atoms with Crippen LogP contribution in [-0.4, -0.2) is 16.8 Å². The van der Waals surface area contributed by atoms with Crippen molar-refractivity contribution >= 4 is 5.97 Å². The Morgan fingerprint density at radius 2 is 1.82 bits per heavy atom. The lowest BCUT2D eigenvalue weighted by Crippen LogP contribution is -2.58. The SMILES string of the molecule is CC(N)(C(=O)OO)C1CCC2(C)C(CCC3C2CCC2(C)C(c4ccc(=O)oc4)CCC32)C1. The summed E-state index contributed by atoms with van der Waals surface area (Å²) in [6, 6.07) is 3.55. The molecule has 0 radical (unpaired) electrons. The second-order valence-electron chi connectivity index (χ2n) is 12.4. The van der Waals surface area contributed by atoms with Gasteiger partial charge in [0.1, 0.15) is 5.54 Å². The predicted octanol–water partition coefficient (Wildman–Crippen LogP) is 5.12. The third-order valence-electron chi connectivity index (χ3n) is 11.2. The molecule has 1 aromatic heterocycles. The van der Waals surface area contributed by atoms with Crippen LogP contribution in [0.3, 0.4) is 0 Å². The molecule has 4 aliphatic carbocycles. The van der Waals surface area contributed by atoms with E-state index in [1.165, 1.54) is 44.1 Å². The van der Waals surface area contributed by atoms with Gasteiger partial charge in [-0.15, -0.1) is 0 Å². The van der Waals surface area contributed by atoms with E-state index in [1.807, 2.05) is 6.07 Å². The molecule has 9 atom stereocenters. The third-order valence-corrected chi connectivity index (χ3v) is 11.2. The molecule has 6 nitrogen and oxygen atoms in total. The van der Waals surface area contributed by atoms with Gasteiger partial charge in [-0.2, -0.15) is 5.26 Å². The van der Waals surface area contributed by atoms with E-state index in [4.69, 9.17) is 15.4 Å². The number of hydrogen-bond donors (Lipinski definition) is 2. The molecule has 3 N–H and O–H groups in total. The maximum Gasteiger partial charge on any atom is 0.361 e. The zero-order chi connectivity index (χ0) is 23.6.